The maximum absolute atomic E-state index is 4.07. The van der Waals surface area contributed by atoms with E-state index in [9.17, 15) is 0 Å². The van der Waals surface area contributed by atoms with Gasteiger partial charge in [-0.15, -0.1) is 20.4 Å². The van der Waals surface area contributed by atoms with Crippen molar-refractivity contribution >= 4 is 5.82 Å². The van der Waals surface area contributed by atoms with Crippen LogP contribution >= 0.6 is 0 Å². The van der Waals surface area contributed by atoms with Gasteiger partial charge in [-0.3, -0.25) is 0 Å². The zero-order valence-electron chi connectivity index (χ0n) is 9.64. The van der Waals surface area contributed by atoms with E-state index in [0.29, 0.717) is 0 Å². The Morgan fingerprint density at radius 1 is 1.11 bits per heavy atom. The lowest BCUT2D eigenvalue weighted by Gasteiger charge is -2.35. The lowest BCUT2D eigenvalue weighted by atomic mass is 10.1. The molecule has 1 fully saturated rings. The van der Waals surface area contributed by atoms with Crippen LogP contribution in [0.1, 0.15) is 11.7 Å². The highest BCUT2D eigenvalue weighted by Crippen LogP contribution is 2.24. The molecule has 3 heterocycles. The van der Waals surface area contributed by atoms with Gasteiger partial charge in [-0.1, -0.05) is 0 Å². The summed E-state index contributed by atoms with van der Waals surface area (Å²) in [5.41, 5.74) is 0.871. The van der Waals surface area contributed by atoms with E-state index in [-0.39, 0.29) is 6.04 Å². The SMILES string of the molecule is c1cc(C2CNCCN2c2ccnnn2)nnn1. The van der Waals surface area contributed by atoms with Crippen molar-refractivity contribution in [3.05, 3.63) is 30.2 Å². The Labute approximate surface area is 103 Å². The molecular formula is C10H12N8. The van der Waals surface area contributed by atoms with Gasteiger partial charge in [0.15, 0.2) is 5.82 Å². The van der Waals surface area contributed by atoms with Gasteiger partial charge in [0.05, 0.1) is 24.1 Å². The van der Waals surface area contributed by atoms with Crippen molar-refractivity contribution in [2.45, 2.75) is 6.04 Å². The van der Waals surface area contributed by atoms with Crippen LogP contribution in [0, 0.1) is 0 Å². The zero-order valence-corrected chi connectivity index (χ0v) is 9.64. The summed E-state index contributed by atoms with van der Waals surface area (Å²) in [7, 11) is 0. The second-order valence-electron chi connectivity index (χ2n) is 3.94. The van der Waals surface area contributed by atoms with Crippen LogP contribution < -0.4 is 10.2 Å². The fraction of sp³-hybridized carbons (Fsp3) is 0.400. The van der Waals surface area contributed by atoms with Crippen LogP contribution in [0.5, 0.6) is 0 Å². The average molecular weight is 244 g/mol. The molecule has 0 radical (unpaired) electrons. The molecule has 1 N–H and O–H groups in total. The molecule has 92 valence electrons. The lowest BCUT2D eigenvalue weighted by Crippen LogP contribution is -2.47. The molecule has 1 aliphatic rings. The number of hydrogen-bond acceptors (Lipinski definition) is 8. The largest absolute Gasteiger partial charge is 0.344 e. The normalized spacial score (nSPS) is 19.8. The summed E-state index contributed by atoms with van der Waals surface area (Å²) in [6, 6.07) is 3.80. The summed E-state index contributed by atoms with van der Waals surface area (Å²) < 4.78 is 0. The minimum atomic E-state index is 0.0888. The van der Waals surface area contributed by atoms with Gasteiger partial charge in [-0.2, -0.15) is 0 Å². The smallest absolute Gasteiger partial charge is 0.155 e. The zero-order chi connectivity index (χ0) is 12.2. The molecule has 0 amide bonds. The van der Waals surface area contributed by atoms with Crippen molar-refractivity contribution in [3.63, 3.8) is 0 Å². The van der Waals surface area contributed by atoms with Crippen molar-refractivity contribution < 1.29 is 0 Å². The Morgan fingerprint density at radius 3 is 2.67 bits per heavy atom. The Morgan fingerprint density at radius 2 is 1.94 bits per heavy atom. The number of hydrogen-bond donors (Lipinski definition) is 1. The quantitative estimate of drug-likeness (QED) is 0.734. The molecule has 0 aliphatic carbocycles. The monoisotopic (exact) mass is 244 g/mol. The van der Waals surface area contributed by atoms with E-state index < -0.39 is 0 Å². The highest BCUT2D eigenvalue weighted by atomic mass is 15.4. The number of nitrogens with one attached hydrogen (secondary N) is 1. The van der Waals surface area contributed by atoms with Gasteiger partial charge in [0.2, 0.25) is 0 Å². The maximum atomic E-state index is 4.07. The third kappa shape index (κ3) is 2.09. The van der Waals surface area contributed by atoms with Crippen molar-refractivity contribution in [1.29, 1.82) is 0 Å². The van der Waals surface area contributed by atoms with Crippen LogP contribution in [0.2, 0.25) is 0 Å². The summed E-state index contributed by atoms with van der Waals surface area (Å²) in [4.78, 5) is 2.15. The molecular weight excluding hydrogens is 232 g/mol. The summed E-state index contributed by atoms with van der Waals surface area (Å²) in [6.45, 7) is 2.54. The standard InChI is InChI=1S/C10H12N8/c1-3-12-16-14-8(1)9-7-11-5-6-18(9)10-2-4-13-17-15-10/h1-4,9,11H,5-7H2. The predicted molar refractivity (Wildman–Crippen MR) is 62.6 cm³/mol. The van der Waals surface area contributed by atoms with E-state index in [1.165, 1.54) is 0 Å². The third-order valence-corrected chi connectivity index (χ3v) is 2.89. The summed E-state index contributed by atoms with van der Waals surface area (Å²) in [5, 5.41) is 26.2. The number of anilines is 1. The summed E-state index contributed by atoms with van der Waals surface area (Å²) >= 11 is 0. The van der Waals surface area contributed by atoms with E-state index in [1.54, 1.807) is 12.4 Å². The van der Waals surface area contributed by atoms with E-state index in [2.05, 4.69) is 41.0 Å². The van der Waals surface area contributed by atoms with Crippen LogP contribution in [0.25, 0.3) is 0 Å². The first-order valence-electron chi connectivity index (χ1n) is 5.71. The molecule has 8 heteroatoms. The minimum absolute atomic E-state index is 0.0888. The molecule has 1 unspecified atom stereocenters. The lowest BCUT2D eigenvalue weighted by molar-refractivity contribution is 0.470. The van der Waals surface area contributed by atoms with E-state index >= 15 is 0 Å². The van der Waals surface area contributed by atoms with Crippen molar-refractivity contribution in [1.82, 2.24) is 36.1 Å². The molecule has 2 aromatic rings. The fourth-order valence-electron chi connectivity index (χ4n) is 2.06. The summed E-state index contributed by atoms with van der Waals surface area (Å²) in [5.74, 6) is 0.801. The second-order valence-corrected chi connectivity index (χ2v) is 3.94. The van der Waals surface area contributed by atoms with Crippen LogP contribution in [0.4, 0.5) is 5.82 Å². The molecule has 3 rings (SSSR count). The molecule has 2 aromatic heterocycles. The molecule has 1 saturated heterocycles. The van der Waals surface area contributed by atoms with Crippen molar-refractivity contribution in [3.8, 4) is 0 Å². The van der Waals surface area contributed by atoms with E-state index in [1.807, 2.05) is 12.1 Å². The first kappa shape index (κ1) is 10.9. The second kappa shape index (κ2) is 4.96. The van der Waals surface area contributed by atoms with Crippen LogP contribution in [0.15, 0.2) is 24.5 Å². The van der Waals surface area contributed by atoms with Crippen LogP contribution in [0.3, 0.4) is 0 Å². The summed E-state index contributed by atoms with van der Waals surface area (Å²) in [6.07, 6.45) is 3.28. The Bertz CT molecular complexity index is 442. The number of piperazine rings is 1. The molecule has 8 nitrogen and oxygen atoms in total. The number of aromatic nitrogens is 6. The molecule has 0 bridgehead atoms. The molecule has 0 spiro atoms. The van der Waals surface area contributed by atoms with Gasteiger partial charge in [0.25, 0.3) is 0 Å². The van der Waals surface area contributed by atoms with Crippen molar-refractivity contribution in [2.24, 2.45) is 0 Å². The third-order valence-electron chi connectivity index (χ3n) is 2.89. The van der Waals surface area contributed by atoms with Gasteiger partial charge >= 0.3 is 0 Å². The van der Waals surface area contributed by atoms with Gasteiger partial charge in [0.1, 0.15) is 0 Å². The van der Waals surface area contributed by atoms with Gasteiger partial charge in [0, 0.05) is 25.7 Å². The molecule has 1 aliphatic heterocycles. The molecule has 1 atom stereocenters. The van der Waals surface area contributed by atoms with E-state index in [0.717, 1.165) is 31.1 Å². The van der Waals surface area contributed by atoms with Gasteiger partial charge in [-0.25, -0.2) is 0 Å². The molecule has 0 saturated carbocycles. The van der Waals surface area contributed by atoms with Crippen LogP contribution in [-0.2, 0) is 0 Å². The van der Waals surface area contributed by atoms with E-state index in [4.69, 9.17) is 0 Å². The first-order valence-corrected chi connectivity index (χ1v) is 5.71. The Kier molecular flexibility index (Phi) is 3.01. The number of rotatable bonds is 2. The number of nitrogens with zero attached hydrogens (tertiary/aromatic N) is 7. The topological polar surface area (TPSA) is 92.6 Å². The maximum Gasteiger partial charge on any atom is 0.155 e. The predicted octanol–water partition coefficient (Wildman–Crippen LogP) is -0.792. The molecule has 0 aromatic carbocycles. The van der Waals surface area contributed by atoms with Gasteiger partial charge < -0.3 is 10.2 Å². The highest BCUT2D eigenvalue weighted by Gasteiger charge is 2.26. The first-order chi connectivity index (χ1) is 8.95. The Balaban J connectivity index is 1.92. The average Bonchev–Trinajstić information content (AvgIpc) is 2.49. The van der Waals surface area contributed by atoms with Crippen LogP contribution in [-0.4, -0.2) is 50.5 Å². The highest BCUT2D eigenvalue weighted by molar-refractivity contribution is 5.40. The minimum Gasteiger partial charge on any atom is -0.344 e. The fourth-order valence-corrected chi connectivity index (χ4v) is 2.06. The Hall–Kier alpha value is -2.22. The van der Waals surface area contributed by atoms with Crippen molar-refractivity contribution in [2.75, 3.05) is 24.5 Å². The molecule has 18 heavy (non-hydrogen) atoms. The van der Waals surface area contributed by atoms with Gasteiger partial charge in [-0.05, 0) is 16.5 Å².